The van der Waals surface area contributed by atoms with Crippen LogP contribution in [0.2, 0.25) is 0 Å². The summed E-state index contributed by atoms with van der Waals surface area (Å²) in [7, 11) is 3.21. The van der Waals surface area contributed by atoms with Gasteiger partial charge in [0.25, 0.3) is 0 Å². The molecule has 128 valence electrons. The van der Waals surface area contributed by atoms with Gasteiger partial charge < -0.3 is 14.8 Å². The van der Waals surface area contributed by atoms with Crippen LogP contribution in [0.3, 0.4) is 0 Å². The van der Waals surface area contributed by atoms with Crippen molar-refractivity contribution < 1.29 is 14.3 Å². The molecule has 0 fully saturated rings. The molecule has 4 nitrogen and oxygen atoms in total. The van der Waals surface area contributed by atoms with Crippen molar-refractivity contribution in [1.29, 1.82) is 0 Å². The van der Waals surface area contributed by atoms with Gasteiger partial charge in [-0.1, -0.05) is 43.3 Å². The lowest BCUT2D eigenvalue weighted by molar-refractivity contribution is -0.125. The minimum atomic E-state index is -0.101. The van der Waals surface area contributed by atoms with Gasteiger partial charge >= 0.3 is 0 Å². The number of carbonyl (C=O) groups is 1. The van der Waals surface area contributed by atoms with E-state index in [0.717, 1.165) is 12.0 Å². The molecule has 1 amide bonds. The first kappa shape index (κ1) is 17.9. The molecule has 0 saturated heterocycles. The Balaban J connectivity index is 2.00. The summed E-state index contributed by atoms with van der Waals surface area (Å²) in [6.45, 7) is 3.91. The van der Waals surface area contributed by atoms with Crippen molar-refractivity contribution in [1.82, 2.24) is 5.32 Å². The van der Waals surface area contributed by atoms with Crippen LogP contribution in [0.1, 0.15) is 31.0 Å². The molecule has 0 unspecified atom stereocenters. The maximum absolute atomic E-state index is 12.4. The van der Waals surface area contributed by atoms with E-state index in [0.29, 0.717) is 11.5 Å². The quantitative estimate of drug-likeness (QED) is 0.842. The normalized spacial score (nSPS) is 13.0. The molecule has 0 aliphatic carbocycles. The molecule has 0 spiro atoms. The zero-order valence-electron chi connectivity index (χ0n) is 14.7. The summed E-state index contributed by atoms with van der Waals surface area (Å²) in [5.41, 5.74) is 2.15. The standard InChI is InChI=1S/C20H25NO3/c1-14(12-16-8-6-5-7-9-16)20(22)21-15(2)17-10-11-18(23-3)19(13-17)24-4/h5-11,13-15H,12H2,1-4H3,(H,21,22)/t14-,15-/m1/s1. The molecular formula is C20H25NO3. The molecule has 0 radical (unpaired) electrons. The second kappa shape index (κ2) is 8.39. The minimum Gasteiger partial charge on any atom is -0.493 e. The van der Waals surface area contributed by atoms with Crippen molar-refractivity contribution in [3.63, 3.8) is 0 Å². The third-order valence-electron chi connectivity index (χ3n) is 4.10. The Morgan fingerprint density at radius 1 is 1.00 bits per heavy atom. The second-order valence-corrected chi connectivity index (χ2v) is 5.94. The number of hydrogen-bond acceptors (Lipinski definition) is 3. The maximum atomic E-state index is 12.4. The number of nitrogens with one attached hydrogen (secondary N) is 1. The predicted molar refractivity (Wildman–Crippen MR) is 95.4 cm³/mol. The lowest BCUT2D eigenvalue weighted by atomic mass is 9.99. The highest BCUT2D eigenvalue weighted by atomic mass is 16.5. The molecule has 2 atom stereocenters. The summed E-state index contributed by atoms with van der Waals surface area (Å²) < 4.78 is 10.6. The molecule has 4 heteroatoms. The minimum absolute atomic E-state index is 0.0427. The van der Waals surface area contributed by atoms with Crippen molar-refractivity contribution in [2.75, 3.05) is 14.2 Å². The molecule has 2 aromatic carbocycles. The molecule has 24 heavy (non-hydrogen) atoms. The van der Waals surface area contributed by atoms with Crippen molar-refractivity contribution in [2.45, 2.75) is 26.3 Å². The van der Waals surface area contributed by atoms with Crippen LogP contribution < -0.4 is 14.8 Å². The lowest BCUT2D eigenvalue weighted by Gasteiger charge is -2.19. The van der Waals surface area contributed by atoms with Gasteiger partial charge in [-0.15, -0.1) is 0 Å². The summed E-state index contributed by atoms with van der Waals surface area (Å²) in [5, 5.41) is 3.07. The van der Waals surface area contributed by atoms with Crippen LogP contribution in [0.5, 0.6) is 11.5 Å². The smallest absolute Gasteiger partial charge is 0.223 e. The second-order valence-electron chi connectivity index (χ2n) is 5.94. The molecule has 0 aliphatic heterocycles. The van der Waals surface area contributed by atoms with E-state index in [1.54, 1.807) is 14.2 Å². The van der Waals surface area contributed by atoms with Crippen molar-refractivity contribution in [3.05, 3.63) is 59.7 Å². The van der Waals surface area contributed by atoms with Gasteiger partial charge in [0.15, 0.2) is 11.5 Å². The van der Waals surface area contributed by atoms with Crippen LogP contribution >= 0.6 is 0 Å². The molecular weight excluding hydrogens is 302 g/mol. The Labute approximate surface area is 143 Å². The van der Waals surface area contributed by atoms with Crippen molar-refractivity contribution in [3.8, 4) is 11.5 Å². The maximum Gasteiger partial charge on any atom is 0.223 e. The number of ether oxygens (including phenoxy) is 2. The zero-order chi connectivity index (χ0) is 17.5. The average Bonchev–Trinajstić information content (AvgIpc) is 2.61. The number of amides is 1. The van der Waals surface area contributed by atoms with Gasteiger partial charge in [-0.2, -0.15) is 0 Å². The number of methoxy groups -OCH3 is 2. The van der Waals surface area contributed by atoms with Gasteiger partial charge in [-0.05, 0) is 36.6 Å². The van der Waals surface area contributed by atoms with Crippen molar-refractivity contribution in [2.24, 2.45) is 5.92 Å². The summed E-state index contributed by atoms with van der Waals surface area (Å²) >= 11 is 0. The summed E-state index contributed by atoms with van der Waals surface area (Å²) in [5.74, 6) is 1.29. The average molecular weight is 327 g/mol. The molecule has 2 rings (SSSR count). The first-order chi connectivity index (χ1) is 11.5. The van der Waals surface area contributed by atoms with Crippen LogP contribution in [0.4, 0.5) is 0 Å². The first-order valence-electron chi connectivity index (χ1n) is 8.11. The van der Waals surface area contributed by atoms with Gasteiger partial charge in [0.2, 0.25) is 5.91 Å². The van der Waals surface area contributed by atoms with Crippen LogP contribution in [0, 0.1) is 5.92 Å². The van der Waals surface area contributed by atoms with Crippen molar-refractivity contribution >= 4 is 5.91 Å². The molecule has 0 aromatic heterocycles. The Morgan fingerprint density at radius 3 is 2.29 bits per heavy atom. The van der Waals surface area contributed by atoms with Crippen LogP contribution in [-0.4, -0.2) is 20.1 Å². The number of benzene rings is 2. The van der Waals surface area contributed by atoms with E-state index >= 15 is 0 Å². The van der Waals surface area contributed by atoms with E-state index < -0.39 is 0 Å². The highest BCUT2D eigenvalue weighted by Crippen LogP contribution is 2.30. The molecule has 1 N–H and O–H groups in total. The van der Waals surface area contributed by atoms with E-state index in [9.17, 15) is 4.79 Å². The van der Waals surface area contributed by atoms with E-state index in [1.807, 2.05) is 62.4 Å². The zero-order valence-corrected chi connectivity index (χ0v) is 14.7. The third-order valence-corrected chi connectivity index (χ3v) is 4.10. The summed E-state index contributed by atoms with van der Waals surface area (Å²) in [6, 6.07) is 15.6. The fourth-order valence-electron chi connectivity index (χ4n) is 2.62. The largest absolute Gasteiger partial charge is 0.493 e. The molecule has 0 heterocycles. The van der Waals surface area contributed by atoms with Crippen LogP contribution in [0.15, 0.2) is 48.5 Å². The van der Waals surface area contributed by atoms with Crippen LogP contribution in [0.25, 0.3) is 0 Å². The highest BCUT2D eigenvalue weighted by molar-refractivity contribution is 5.79. The van der Waals surface area contributed by atoms with E-state index in [-0.39, 0.29) is 17.9 Å². The van der Waals surface area contributed by atoms with Crippen LogP contribution in [-0.2, 0) is 11.2 Å². The van der Waals surface area contributed by atoms with E-state index in [1.165, 1.54) is 5.56 Å². The summed E-state index contributed by atoms with van der Waals surface area (Å²) in [4.78, 5) is 12.4. The van der Waals surface area contributed by atoms with E-state index in [4.69, 9.17) is 9.47 Å². The number of carbonyl (C=O) groups excluding carboxylic acids is 1. The lowest BCUT2D eigenvalue weighted by Crippen LogP contribution is -2.32. The molecule has 2 aromatic rings. The predicted octanol–water partition coefficient (Wildman–Crippen LogP) is 3.76. The Kier molecular flexibility index (Phi) is 6.24. The Morgan fingerprint density at radius 2 is 1.67 bits per heavy atom. The topological polar surface area (TPSA) is 47.6 Å². The summed E-state index contributed by atoms with van der Waals surface area (Å²) in [6.07, 6.45) is 0.728. The SMILES string of the molecule is COc1ccc([C@@H](C)NC(=O)[C@H](C)Cc2ccccc2)cc1OC. The first-order valence-corrected chi connectivity index (χ1v) is 8.11. The third kappa shape index (κ3) is 4.51. The fourth-order valence-corrected chi connectivity index (χ4v) is 2.62. The van der Waals surface area contributed by atoms with Gasteiger partial charge in [-0.25, -0.2) is 0 Å². The van der Waals surface area contributed by atoms with Gasteiger partial charge in [0.05, 0.1) is 20.3 Å². The molecule has 0 bridgehead atoms. The monoisotopic (exact) mass is 327 g/mol. The van der Waals surface area contributed by atoms with E-state index in [2.05, 4.69) is 5.32 Å². The van der Waals surface area contributed by atoms with Gasteiger partial charge in [0.1, 0.15) is 0 Å². The number of hydrogen-bond donors (Lipinski definition) is 1. The van der Waals surface area contributed by atoms with Gasteiger partial charge in [0, 0.05) is 5.92 Å². The molecule has 0 saturated carbocycles. The highest BCUT2D eigenvalue weighted by Gasteiger charge is 2.17. The molecule has 0 aliphatic rings. The Hall–Kier alpha value is -2.49. The fraction of sp³-hybridized carbons (Fsp3) is 0.350. The number of rotatable bonds is 7. The van der Waals surface area contributed by atoms with Gasteiger partial charge in [-0.3, -0.25) is 4.79 Å². The Bertz CT molecular complexity index is 670.